The molecule has 85 heavy (non-hydrogen) atoms. The van der Waals surface area contributed by atoms with Gasteiger partial charge in [-0.25, -0.2) is 19.2 Å². The van der Waals surface area contributed by atoms with Crippen LogP contribution in [-0.4, -0.2) is 172 Å². The van der Waals surface area contributed by atoms with Crippen LogP contribution in [0.3, 0.4) is 0 Å². The van der Waals surface area contributed by atoms with Crippen LogP contribution in [0.25, 0.3) is 0 Å². The van der Waals surface area contributed by atoms with Crippen LogP contribution in [0.1, 0.15) is 140 Å². The van der Waals surface area contributed by atoms with Gasteiger partial charge in [0.15, 0.2) is 17.9 Å². The Morgan fingerprint density at radius 3 is 1.91 bits per heavy atom. The van der Waals surface area contributed by atoms with Crippen molar-refractivity contribution in [2.24, 2.45) is 29.6 Å². The van der Waals surface area contributed by atoms with E-state index in [4.69, 9.17) is 23.7 Å². The molecule has 0 aromatic heterocycles. The molecule has 6 amide bonds. The normalized spacial score (nSPS) is 16.9. The Morgan fingerprint density at radius 2 is 1.36 bits per heavy atom. The first kappa shape index (κ1) is 72.0. The molecule has 5 N–H and O–H groups in total. The summed E-state index contributed by atoms with van der Waals surface area (Å²) in [6.45, 7) is 21.8. The molecule has 0 unspecified atom stereocenters. The van der Waals surface area contributed by atoms with E-state index in [-0.39, 0.29) is 56.6 Å². The number of esters is 2. The Bertz CT molecular complexity index is 2570. The highest BCUT2D eigenvalue weighted by atomic mass is 16.6. The van der Waals surface area contributed by atoms with Gasteiger partial charge in [-0.1, -0.05) is 104 Å². The Hall–Kier alpha value is -7.30. The third-order valence-electron chi connectivity index (χ3n) is 14.8. The van der Waals surface area contributed by atoms with E-state index < -0.39 is 138 Å². The molecule has 1 heterocycles. The van der Waals surface area contributed by atoms with Crippen molar-refractivity contribution in [2.45, 2.75) is 202 Å². The highest BCUT2D eigenvalue weighted by Gasteiger charge is 2.44. The van der Waals surface area contributed by atoms with Gasteiger partial charge in [0.05, 0.1) is 31.6 Å². The third kappa shape index (κ3) is 22.2. The summed E-state index contributed by atoms with van der Waals surface area (Å²) in [5.74, 6) is -9.50. The number of carbonyl (C=O) groups is 10. The van der Waals surface area contributed by atoms with Gasteiger partial charge in [-0.15, -0.1) is 0 Å². The van der Waals surface area contributed by atoms with E-state index in [9.17, 15) is 58.2 Å². The number of amides is 6. The lowest BCUT2D eigenvalue weighted by Crippen LogP contribution is -2.58. The van der Waals surface area contributed by atoms with Crippen molar-refractivity contribution >= 4 is 59.5 Å². The highest BCUT2D eigenvalue weighted by Crippen LogP contribution is 2.26. The van der Waals surface area contributed by atoms with Crippen LogP contribution in [0.4, 0.5) is 9.59 Å². The second-order valence-corrected chi connectivity index (χ2v) is 24.3. The number of carbonyl (C=O) groups excluding carboxylic acids is 9. The number of hydrogen-bond acceptors (Lipinski definition) is 16. The van der Waals surface area contributed by atoms with Crippen LogP contribution >= 0.6 is 0 Å². The molecule has 2 aromatic carbocycles. The number of aliphatic hydroxyl groups excluding tert-OH is 1. The van der Waals surface area contributed by atoms with Crippen LogP contribution in [0, 0.1) is 29.6 Å². The van der Waals surface area contributed by atoms with E-state index >= 15 is 0 Å². The van der Waals surface area contributed by atoms with Gasteiger partial charge in [0.2, 0.25) is 23.6 Å². The van der Waals surface area contributed by atoms with Crippen molar-refractivity contribution in [3.63, 3.8) is 0 Å². The van der Waals surface area contributed by atoms with Gasteiger partial charge in [0.25, 0.3) is 0 Å². The van der Waals surface area contributed by atoms with Gasteiger partial charge in [-0.3, -0.25) is 33.7 Å². The molecular formula is C62H94N6O17. The first-order valence-corrected chi connectivity index (χ1v) is 29.3. The molecule has 0 radical (unpaired) electrons. The number of ketones is 1. The topological polar surface area (TPSA) is 303 Å². The number of aliphatic hydroxyl groups is 1. The molecule has 0 spiro atoms. The van der Waals surface area contributed by atoms with Gasteiger partial charge in [-0.05, 0) is 107 Å². The number of likely N-dealkylation sites (tertiary alicyclic amines) is 1. The SMILES string of the molecule is CC[C@@H](C)[C@H](NC(=O)OC(C)(C)C)[C@H](O)CC(=O)O[C@@H](C(=O)[C@H](C)C(=O)N[C@@H](CC(C)C)C(=O)N1CCC[C@H]1C(=O)N(C)[C@@H](Cc1ccc(OC)cc1)C(=O)O[C@H](C)[C@H](NC(=O)[C@@H](CC(C)C)N(C)C(=O)OCc1ccccc1)C(=O)O)C(C)C. The lowest BCUT2D eigenvalue weighted by atomic mass is 9.92. The Kier molecular flexibility index (Phi) is 28.3. The van der Waals surface area contributed by atoms with Gasteiger partial charge in [0.1, 0.15) is 48.2 Å². The summed E-state index contributed by atoms with van der Waals surface area (Å²) >= 11 is 0. The van der Waals surface area contributed by atoms with Crippen molar-refractivity contribution in [1.29, 1.82) is 0 Å². The van der Waals surface area contributed by atoms with Crippen LogP contribution in [0.15, 0.2) is 54.6 Å². The predicted molar refractivity (Wildman–Crippen MR) is 314 cm³/mol. The zero-order valence-electron chi connectivity index (χ0n) is 52.5. The number of carboxylic acid groups (broad SMARTS) is 1. The standard InChI is InChI=1S/C62H94N6O17/c1-17-38(8)50(65-60(79)85-62(11,12)13)48(69)33-49(70)84-53(37(6)7)52(71)39(9)54(72)63-44(30-35(2)3)56(74)68-29-21-24-45(68)57(75)66(14)47(32-41-25-27-43(81-16)28-26-41)59(78)83-40(10)51(58(76)77)64-55(73)46(31-36(4)5)67(15)61(80)82-34-42-22-19-18-20-23-42/h18-20,22-23,25-28,35-40,44-48,50-51,53,69H,17,21,24,29-34H2,1-16H3,(H,63,72)(H,64,73)(H,65,79)(H,76,77)/t38-,39+,40-,44+,45+,46-,47+,48-,50+,51+,53-/m1/s1. The molecule has 474 valence electrons. The summed E-state index contributed by atoms with van der Waals surface area (Å²) in [4.78, 5) is 142. The van der Waals surface area contributed by atoms with Crippen molar-refractivity contribution < 1.29 is 81.8 Å². The Labute approximate surface area is 500 Å². The minimum Gasteiger partial charge on any atom is -0.497 e. The molecule has 1 aliphatic heterocycles. The number of carboxylic acids is 1. The van der Waals surface area contributed by atoms with E-state index in [1.54, 1.807) is 90.1 Å². The Morgan fingerprint density at radius 1 is 0.753 bits per heavy atom. The molecule has 3 rings (SSSR count). The molecule has 1 saturated heterocycles. The number of benzene rings is 2. The summed E-state index contributed by atoms with van der Waals surface area (Å²) in [7, 11) is 4.19. The number of hydrogen-bond donors (Lipinski definition) is 5. The van der Waals surface area contributed by atoms with E-state index in [0.29, 0.717) is 29.7 Å². The molecule has 0 aliphatic carbocycles. The van der Waals surface area contributed by atoms with Crippen LogP contribution < -0.4 is 20.7 Å². The molecule has 0 bridgehead atoms. The number of likely N-dealkylation sites (N-methyl/N-ethyl adjacent to an activating group) is 2. The fourth-order valence-corrected chi connectivity index (χ4v) is 9.72. The minimum atomic E-state index is -1.83. The number of ether oxygens (including phenoxy) is 5. The molecule has 1 aliphatic rings. The molecular weight excluding hydrogens is 1100 g/mol. The average Bonchev–Trinajstić information content (AvgIpc) is 2.89. The molecule has 11 atom stereocenters. The number of rotatable bonds is 31. The summed E-state index contributed by atoms with van der Waals surface area (Å²) in [5.41, 5.74) is 0.433. The van der Waals surface area contributed by atoms with Gasteiger partial charge in [0, 0.05) is 27.1 Å². The molecule has 2 aromatic rings. The van der Waals surface area contributed by atoms with Gasteiger partial charge in [-0.2, -0.15) is 0 Å². The highest BCUT2D eigenvalue weighted by molar-refractivity contribution is 6.05. The maximum atomic E-state index is 14.8. The number of alkyl carbamates (subject to hydrolysis) is 1. The minimum absolute atomic E-state index is 0.0771. The lowest BCUT2D eigenvalue weighted by molar-refractivity contribution is -0.164. The first-order valence-electron chi connectivity index (χ1n) is 29.3. The summed E-state index contributed by atoms with van der Waals surface area (Å²) in [6, 6.07) is 7.79. The first-order chi connectivity index (χ1) is 39.7. The monoisotopic (exact) mass is 1190 g/mol. The van der Waals surface area contributed by atoms with Crippen molar-refractivity contribution in [3.05, 3.63) is 65.7 Å². The van der Waals surface area contributed by atoms with Crippen LogP contribution in [-0.2, 0) is 70.3 Å². The van der Waals surface area contributed by atoms with Gasteiger partial charge < -0.3 is 59.6 Å². The maximum Gasteiger partial charge on any atom is 0.410 e. The quantitative estimate of drug-likeness (QED) is 0.0317. The number of aliphatic carboxylic acids is 1. The molecule has 23 heteroatoms. The average molecular weight is 1200 g/mol. The lowest BCUT2D eigenvalue weighted by Gasteiger charge is -2.35. The number of nitrogens with zero attached hydrogens (tertiary/aromatic N) is 3. The van der Waals surface area contributed by atoms with Crippen LogP contribution in [0.5, 0.6) is 5.75 Å². The molecule has 1 fully saturated rings. The molecule has 0 saturated carbocycles. The van der Waals surface area contributed by atoms with Crippen molar-refractivity contribution in [1.82, 2.24) is 30.7 Å². The molecule has 23 nitrogen and oxygen atoms in total. The summed E-state index contributed by atoms with van der Waals surface area (Å²) < 4.78 is 27.6. The van der Waals surface area contributed by atoms with Crippen LogP contribution in [0.2, 0.25) is 0 Å². The number of methoxy groups -OCH3 is 1. The van der Waals surface area contributed by atoms with Crippen molar-refractivity contribution in [3.8, 4) is 5.75 Å². The second-order valence-electron chi connectivity index (χ2n) is 24.3. The van der Waals surface area contributed by atoms with E-state index in [0.717, 1.165) is 9.80 Å². The smallest absolute Gasteiger partial charge is 0.410 e. The zero-order chi connectivity index (χ0) is 64.2. The second kappa shape index (κ2) is 33.4. The fourth-order valence-electron chi connectivity index (χ4n) is 9.72. The summed E-state index contributed by atoms with van der Waals surface area (Å²) in [5, 5.41) is 29.4. The number of nitrogens with one attached hydrogen (secondary N) is 3. The van der Waals surface area contributed by atoms with Crippen molar-refractivity contribution in [2.75, 3.05) is 27.7 Å². The summed E-state index contributed by atoms with van der Waals surface area (Å²) in [6.07, 6.45) is -5.50. The maximum absolute atomic E-state index is 14.8. The zero-order valence-corrected chi connectivity index (χ0v) is 52.5. The van der Waals surface area contributed by atoms with Gasteiger partial charge >= 0.3 is 30.1 Å². The largest absolute Gasteiger partial charge is 0.497 e. The predicted octanol–water partition coefficient (Wildman–Crippen LogP) is 6.23. The van der Waals surface area contributed by atoms with E-state index in [1.165, 1.54) is 40.0 Å². The third-order valence-corrected chi connectivity index (χ3v) is 14.8. The number of Topliss-reactive ketones (excluding diaryl/α,β-unsaturated/α-hetero) is 1. The van der Waals surface area contributed by atoms with E-state index in [1.807, 2.05) is 40.7 Å². The fraction of sp³-hybridized carbons (Fsp3) is 0.645. The Balaban J connectivity index is 1.86. The van der Waals surface area contributed by atoms with E-state index in [2.05, 4.69) is 16.0 Å².